The summed E-state index contributed by atoms with van der Waals surface area (Å²) >= 11 is 3.34. The van der Waals surface area contributed by atoms with Crippen LogP contribution in [-0.4, -0.2) is 13.4 Å². The number of hydrogen-bond acceptors (Lipinski definition) is 5. The molecule has 31 heavy (non-hydrogen) atoms. The number of aromatic nitrogens is 1. The Bertz CT molecular complexity index is 1310. The van der Waals surface area contributed by atoms with Crippen molar-refractivity contribution in [3.63, 3.8) is 0 Å². The number of anilines is 1. The Morgan fingerprint density at radius 3 is 2.32 bits per heavy atom. The van der Waals surface area contributed by atoms with Crippen LogP contribution in [0.15, 0.2) is 91.6 Å². The summed E-state index contributed by atoms with van der Waals surface area (Å²) in [4.78, 5) is 4.54. The van der Waals surface area contributed by atoms with Crippen molar-refractivity contribution in [3.05, 3.63) is 94.0 Å². The number of halogens is 1. The number of nitrogens with one attached hydrogen (secondary N) is 1. The second-order valence-electron chi connectivity index (χ2n) is 7.32. The molecule has 0 amide bonds. The first-order valence-corrected chi connectivity index (χ1v) is 12.0. The van der Waals surface area contributed by atoms with Crippen LogP contribution in [0.5, 0.6) is 0 Å². The lowest BCUT2D eigenvalue weighted by Crippen LogP contribution is -2.07. The largest absolute Gasteiger partial charge is 0.419 e. The molecule has 1 aromatic heterocycles. The van der Waals surface area contributed by atoms with Gasteiger partial charge in [0.1, 0.15) is 0 Å². The lowest BCUT2D eigenvalue weighted by atomic mass is 10.1. The fourth-order valence-corrected chi connectivity index (χ4v) is 4.66. The minimum Gasteiger partial charge on any atom is -0.419 e. The van der Waals surface area contributed by atoms with E-state index in [4.69, 9.17) is 4.42 Å². The van der Waals surface area contributed by atoms with E-state index in [1.807, 2.05) is 62.4 Å². The minimum absolute atomic E-state index is 0.125. The van der Waals surface area contributed by atoms with Gasteiger partial charge < -0.3 is 9.73 Å². The summed E-state index contributed by atoms with van der Waals surface area (Å²) < 4.78 is 33.4. The third kappa shape index (κ3) is 4.73. The van der Waals surface area contributed by atoms with Crippen molar-refractivity contribution in [2.24, 2.45) is 0 Å². The van der Waals surface area contributed by atoms with Crippen LogP contribution < -0.4 is 5.32 Å². The van der Waals surface area contributed by atoms with Crippen LogP contribution >= 0.6 is 15.9 Å². The standard InChI is InChI=1S/C24H21BrN2O3S/c1-16-6-8-18(9-7-16)15-26-23-24(31(28,29)21-12-10-20(25)11-13-21)27-22(30-23)19-5-3-4-17(2)14-19/h3-14,26H,15H2,1-2H3. The molecule has 0 radical (unpaired) electrons. The molecule has 3 aromatic carbocycles. The lowest BCUT2D eigenvalue weighted by molar-refractivity contribution is 0.576. The zero-order valence-corrected chi connectivity index (χ0v) is 19.5. The SMILES string of the molecule is Cc1ccc(CNc2oc(-c3cccc(C)c3)nc2S(=O)(=O)c2ccc(Br)cc2)cc1. The smallest absolute Gasteiger partial charge is 0.234 e. The molecule has 0 aliphatic heterocycles. The molecule has 4 rings (SSSR count). The summed E-state index contributed by atoms with van der Waals surface area (Å²) in [7, 11) is -3.88. The van der Waals surface area contributed by atoms with Gasteiger partial charge in [-0.1, -0.05) is 63.5 Å². The predicted molar refractivity (Wildman–Crippen MR) is 125 cm³/mol. The summed E-state index contributed by atoms with van der Waals surface area (Å²) in [6.07, 6.45) is 0. The van der Waals surface area contributed by atoms with Crippen molar-refractivity contribution in [3.8, 4) is 11.5 Å². The molecular weight excluding hydrogens is 476 g/mol. The van der Waals surface area contributed by atoms with Crippen molar-refractivity contribution in [2.75, 3.05) is 5.32 Å². The average molecular weight is 497 g/mol. The zero-order valence-electron chi connectivity index (χ0n) is 17.1. The maximum absolute atomic E-state index is 13.4. The zero-order chi connectivity index (χ0) is 22.0. The normalized spacial score (nSPS) is 11.5. The van der Waals surface area contributed by atoms with Crippen LogP contribution in [0.25, 0.3) is 11.5 Å². The Morgan fingerprint density at radius 2 is 1.65 bits per heavy atom. The highest BCUT2D eigenvalue weighted by Crippen LogP contribution is 2.33. The van der Waals surface area contributed by atoms with Gasteiger partial charge in [0, 0.05) is 16.6 Å². The summed E-state index contributed by atoms with van der Waals surface area (Å²) in [6, 6.07) is 22.1. The summed E-state index contributed by atoms with van der Waals surface area (Å²) in [5.41, 5.74) is 3.91. The third-order valence-corrected chi connectivity index (χ3v) is 7.02. The first-order chi connectivity index (χ1) is 14.8. The van der Waals surface area contributed by atoms with E-state index in [1.165, 1.54) is 0 Å². The summed E-state index contributed by atoms with van der Waals surface area (Å²) in [5, 5.41) is 3.00. The highest BCUT2D eigenvalue weighted by molar-refractivity contribution is 9.10. The van der Waals surface area contributed by atoms with Gasteiger partial charge in [-0.3, -0.25) is 0 Å². The fourth-order valence-electron chi connectivity index (χ4n) is 3.12. The number of hydrogen-bond donors (Lipinski definition) is 1. The molecule has 0 aliphatic carbocycles. The summed E-state index contributed by atoms with van der Waals surface area (Å²) in [5.74, 6) is 0.380. The molecule has 1 N–H and O–H groups in total. The average Bonchev–Trinajstić information content (AvgIpc) is 3.19. The number of nitrogens with zero attached hydrogens (tertiary/aromatic N) is 1. The van der Waals surface area contributed by atoms with Crippen molar-refractivity contribution >= 4 is 31.7 Å². The number of rotatable bonds is 6. The molecule has 0 atom stereocenters. The molecular formula is C24H21BrN2O3S. The first kappa shape index (κ1) is 21.3. The molecule has 0 unspecified atom stereocenters. The Kier molecular flexibility index (Phi) is 5.98. The van der Waals surface area contributed by atoms with Gasteiger partial charge in [-0.2, -0.15) is 4.98 Å². The molecule has 5 nitrogen and oxygen atoms in total. The van der Waals surface area contributed by atoms with Crippen LogP contribution in [0.2, 0.25) is 0 Å². The number of oxazole rings is 1. The van der Waals surface area contributed by atoms with Crippen LogP contribution in [0, 0.1) is 13.8 Å². The number of benzene rings is 3. The Labute approximate surface area is 190 Å². The number of aryl methyl sites for hydroxylation is 2. The van der Waals surface area contributed by atoms with Gasteiger partial charge in [0.2, 0.25) is 26.6 Å². The topological polar surface area (TPSA) is 72.2 Å². The van der Waals surface area contributed by atoms with Crippen LogP contribution in [0.3, 0.4) is 0 Å². The van der Waals surface area contributed by atoms with Crippen LogP contribution in [0.1, 0.15) is 16.7 Å². The van der Waals surface area contributed by atoms with E-state index in [2.05, 4.69) is 26.2 Å². The van der Waals surface area contributed by atoms with E-state index in [0.717, 1.165) is 26.7 Å². The van der Waals surface area contributed by atoms with Gasteiger partial charge in [-0.05, 0) is 55.8 Å². The van der Waals surface area contributed by atoms with E-state index in [-0.39, 0.29) is 21.7 Å². The van der Waals surface area contributed by atoms with Crippen molar-refractivity contribution in [1.29, 1.82) is 0 Å². The van der Waals surface area contributed by atoms with E-state index in [1.54, 1.807) is 24.3 Å². The second-order valence-corrected chi connectivity index (χ2v) is 10.1. The number of sulfone groups is 1. The van der Waals surface area contributed by atoms with Gasteiger partial charge in [0.15, 0.2) is 0 Å². The maximum Gasteiger partial charge on any atom is 0.234 e. The molecule has 0 spiro atoms. The Balaban J connectivity index is 1.76. The Hall–Kier alpha value is -2.90. The molecule has 4 aromatic rings. The van der Waals surface area contributed by atoms with E-state index in [9.17, 15) is 8.42 Å². The molecule has 0 fully saturated rings. The minimum atomic E-state index is -3.88. The highest BCUT2D eigenvalue weighted by atomic mass is 79.9. The second kappa shape index (κ2) is 8.69. The third-order valence-electron chi connectivity index (χ3n) is 4.81. The van der Waals surface area contributed by atoms with Gasteiger partial charge >= 0.3 is 0 Å². The van der Waals surface area contributed by atoms with Crippen molar-refractivity contribution in [1.82, 2.24) is 4.98 Å². The van der Waals surface area contributed by atoms with E-state index >= 15 is 0 Å². The molecule has 0 saturated heterocycles. The lowest BCUT2D eigenvalue weighted by Gasteiger charge is -2.07. The predicted octanol–water partition coefficient (Wildman–Crippen LogP) is 6.17. The summed E-state index contributed by atoms with van der Waals surface area (Å²) in [6.45, 7) is 4.39. The van der Waals surface area contributed by atoms with Crippen LogP contribution in [0.4, 0.5) is 5.88 Å². The van der Waals surface area contributed by atoms with E-state index < -0.39 is 9.84 Å². The monoisotopic (exact) mass is 496 g/mol. The molecule has 7 heteroatoms. The van der Waals surface area contributed by atoms with Gasteiger partial charge in [-0.25, -0.2) is 8.42 Å². The van der Waals surface area contributed by atoms with Gasteiger partial charge in [-0.15, -0.1) is 0 Å². The molecule has 1 heterocycles. The first-order valence-electron chi connectivity index (χ1n) is 9.71. The molecule has 158 valence electrons. The highest BCUT2D eigenvalue weighted by Gasteiger charge is 2.28. The van der Waals surface area contributed by atoms with E-state index in [0.29, 0.717) is 6.54 Å². The fraction of sp³-hybridized carbons (Fsp3) is 0.125. The van der Waals surface area contributed by atoms with Gasteiger partial charge in [0.25, 0.3) is 0 Å². The maximum atomic E-state index is 13.4. The molecule has 0 aliphatic rings. The van der Waals surface area contributed by atoms with Gasteiger partial charge in [0.05, 0.1) is 4.90 Å². The van der Waals surface area contributed by atoms with Crippen molar-refractivity contribution < 1.29 is 12.8 Å². The van der Waals surface area contributed by atoms with Crippen LogP contribution in [-0.2, 0) is 16.4 Å². The molecule has 0 bridgehead atoms. The molecule has 0 saturated carbocycles. The Morgan fingerprint density at radius 1 is 0.935 bits per heavy atom. The quantitative estimate of drug-likeness (QED) is 0.345. The van der Waals surface area contributed by atoms with Crippen molar-refractivity contribution in [2.45, 2.75) is 30.3 Å².